The van der Waals surface area contributed by atoms with E-state index in [-0.39, 0.29) is 12.0 Å². The van der Waals surface area contributed by atoms with Gasteiger partial charge < -0.3 is 19.9 Å². The Bertz CT molecular complexity index is 574. The standard InChI is InChI=1S/C17H25N5O2/c1-2-16(23)19-12-14-13-22(10-11-24-14)15-6-7-18-17(20-15)21-8-4-3-5-9-21/h2,6-7,14H,1,3-5,8-13H2,(H,19,23)/t14-/m0/s1. The number of carbonyl (C=O) groups excluding carboxylic acids is 1. The number of hydrogen-bond donors (Lipinski definition) is 1. The molecule has 0 bridgehead atoms. The summed E-state index contributed by atoms with van der Waals surface area (Å²) in [6.45, 7) is 8.11. The molecule has 24 heavy (non-hydrogen) atoms. The van der Waals surface area contributed by atoms with Crippen molar-refractivity contribution in [1.82, 2.24) is 15.3 Å². The van der Waals surface area contributed by atoms with Gasteiger partial charge in [0.2, 0.25) is 11.9 Å². The predicted octanol–water partition coefficient (Wildman–Crippen LogP) is 0.974. The molecule has 0 radical (unpaired) electrons. The highest BCUT2D eigenvalue weighted by molar-refractivity contribution is 5.86. The summed E-state index contributed by atoms with van der Waals surface area (Å²) in [6, 6.07) is 1.94. The lowest BCUT2D eigenvalue weighted by atomic mass is 10.1. The fraction of sp³-hybridized carbons (Fsp3) is 0.588. The van der Waals surface area contributed by atoms with E-state index in [0.29, 0.717) is 19.7 Å². The Kier molecular flexibility index (Phi) is 5.63. The average molecular weight is 331 g/mol. The van der Waals surface area contributed by atoms with Crippen LogP contribution in [0.5, 0.6) is 0 Å². The third-order valence-corrected chi connectivity index (χ3v) is 4.42. The van der Waals surface area contributed by atoms with Gasteiger partial charge in [-0.25, -0.2) is 4.98 Å². The van der Waals surface area contributed by atoms with Gasteiger partial charge in [0.15, 0.2) is 0 Å². The van der Waals surface area contributed by atoms with Crippen LogP contribution >= 0.6 is 0 Å². The number of aromatic nitrogens is 2. The molecule has 0 unspecified atom stereocenters. The summed E-state index contributed by atoms with van der Waals surface area (Å²) in [7, 11) is 0. The second kappa shape index (κ2) is 8.10. The molecule has 2 fully saturated rings. The molecule has 2 aliphatic heterocycles. The van der Waals surface area contributed by atoms with Gasteiger partial charge in [-0.05, 0) is 31.4 Å². The van der Waals surface area contributed by atoms with Gasteiger partial charge in [0.1, 0.15) is 5.82 Å². The van der Waals surface area contributed by atoms with Crippen LogP contribution in [0.25, 0.3) is 0 Å². The molecule has 3 heterocycles. The molecule has 0 spiro atoms. The molecule has 0 saturated carbocycles. The van der Waals surface area contributed by atoms with E-state index in [0.717, 1.165) is 31.4 Å². The van der Waals surface area contributed by atoms with Crippen LogP contribution in [0.2, 0.25) is 0 Å². The smallest absolute Gasteiger partial charge is 0.243 e. The topological polar surface area (TPSA) is 70.6 Å². The third-order valence-electron chi connectivity index (χ3n) is 4.42. The van der Waals surface area contributed by atoms with Crippen molar-refractivity contribution >= 4 is 17.7 Å². The highest BCUT2D eigenvalue weighted by Crippen LogP contribution is 2.20. The Morgan fingerprint density at radius 2 is 2.17 bits per heavy atom. The number of morpholine rings is 1. The first-order valence-electron chi connectivity index (χ1n) is 8.61. The monoisotopic (exact) mass is 331 g/mol. The van der Waals surface area contributed by atoms with Gasteiger partial charge in [0, 0.05) is 38.9 Å². The van der Waals surface area contributed by atoms with E-state index in [1.165, 1.54) is 25.3 Å². The minimum Gasteiger partial charge on any atom is -0.373 e. The van der Waals surface area contributed by atoms with E-state index < -0.39 is 0 Å². The van der Waals surface area contributed by atoms with Crippen molar-refractivity contribution in [2.45, 2.75) is 25.4 Å². The van der Waals surface area contributed by atoms with Crippen LogP contribution in [-0.2, 0) is 9.53 Å². The first kappa shape index (κ1) is 16.7. The number of amides is 1. The van der Waals surface area contributed by atoms with Crippen LogP contribution in [0, 0.1) is 0 Å². The highest BCUT2D eigenvalue weighted by atomic mass is 16.5. The van der Waals surface area contributed by atoms with Gasteiger partial charge in [-0.1, -0.05) is 6.58 Å². The number of nitrogens with one attached hydrogen (secondary N) is 1. The molecular weight excluding hydrogens is 306 g/mol. The van der Waals surface area contributed by atoms with E-state index in [9.17, 15) is 4.79 Å². The van der Waals surface area contributed by atoms with Gasteiger partial charge in [0.25, 0.3) is 0 Å². The summed E-state index contributed by atoms with van der Waals surface area (Å²) in [5, 5.41) is 2.79. The first-order chi connectivity index (χ1) is 11.8. The molecule has 7 heteroatoms. The molecule has 2 saturated heterocycles. The van der Waals surface area contributed by atoms with E-state index in [1.807, 2.05) is 12.3 Å². The van der Waals surface area contributed by atoms with E-state index in [4.69, 9.17) is 9.72 Å². The SMILES string of the molecule is C=CC(=O)NC[C@H]1CN(c2ccnc(N3CCCCC3)n2)CCO1. The lowest BCUT2D eigenvalue weighted by Gasteiger charge is -2.34. The fourth-order valence-electron chi connectivity index (χ4n) is 3.10. The van der Waals surface area contributed by atoms with Crippen molar-refractivity contribution < 1.29 is 9.53 Å². The Labute approximate surface area is 142 Å². The van der Waals surface area contributed by atoms with E-state index in [1.54, 1.807) is 0 Å². The van der Waals surface area contributed by atoms with Crippen LogP contribution in [-0.4, -0.2) is 61.3 Å². The molecular formula is C17H25N5O2. The number of nitrogens with zero attached hydrogens (tertiary/aromatic N) is 4. The van der Waals surface area contributed by atoms with Crippen LogP contribution in [0.4, 0.5) is 11.8 Å². The molecule has 2 aliphatic rings. The van der Waals surface area contributed by atoms with Crippen molar-refractivity contribution in [2.75, 3.05) is 49.1 Å². The molecule has 1 atom stereocenters. The number of rotatable bonds is 5. The molecule has 1 amide bonds. The summed E-state index contributed by atoms with van der Waals surface area (Å²) >= 11 is 0. The predicted molar refractivity (Wildman–Crippen MR) is 93.3 cm³/mol. The number of piperidine rings is 1. The molecule has 0 aromatic carbocycles. The van der Waals surface area contributed by atoms with Gasteiger partial charge in [-0.3, -0.25) is 4.79 Å². The number of ether oxygens (including phenoxy) is 1. The average Bonchev–Trinajstić information content (AvgIpc) is 2.67. The number of anilines is 2. The normalized spacial score (nSPS) is 21.4. The highest BCUT2D eigenvalue weighted by Gasteiger charge is 2.23. The zero-order valence-electron chi connectivity index (χ0n) is 14.0. The maximum absolute atomic E-state index is 11.3. The van der Waals surface area contributed by atoms with Crippen molar-refractivity contribution in [3.63, 3.8) is 0 Å². The Morgan fingerprint density at radius 3 is 2.96 bits per heavy atom. The minimum atomic E-state index is -0.176. The van der Waals surface area contributed by atoms with Crippen LogP contribution < -0.4 is 15.1 Å². The van der Waals surface area contributed by atoms with Gasteiger partial charge in [0.05, 0.1) is 12.7 Å². The molecule has 1 aromatic rings. The third kappa shape index (κ3) is 4.23. The first-order valence-corrected chi connectivity index (χ1v) is 8.61. The molecule has 1 N–H and O–H groups in total. The summed E-state index contributed by atoms with van der Waals surface area (Å²) < 4.78 is 5.73. The summed E-state index contributed by atoms with van der Waals surface area (Å²) in [4.78, 5) is 24.9. The van der Waals surface area contributed by atoms with Crippen molar-refractivity contribution in [2.24, 2.45) is 0 Å². The summed E-state index contributed by atoms with van der Waals surface area (Å²) in [5.74, 6) is 1.56. The quantitative estimate of drug-likeness (QED) is 0.811. The zero-order chi connectivity index (χ0) is 16.8. The molecule has 130 valence electrons. The van der Waals surface area contributed by atoms with Gasteiger partial charge in [-0.15, -0.1) is 0 Å². The van der Waals surface area contributed by atoms with Gasteiger partial charge in [-0.2, -0.15) is 4.98 Å². The van der Waals surface area contributed by atoms with Crippen LogP contribution in [0.3, 0.4) is 0 Å². The molecule has 0 aliphatic carbocycles. The lowest BCUT2D eigenvalue weighted by Crippen LogP contribution is -2.47. The Hall–Kier alpha value is -2.15. The number of carbonyl (C=O) groups is 1. The van der Waals surface area contributed by atoms with Crippen LogP contribution in [0.1, 0.15) is 19.3 Å². The molecule has 7 nitrogen and oxygen atoms in total. The van der Waals surface area contributed by atoms with Gasteiger partial charge >= 0.3 is 0 Å². The second-order valence-corrected chi connectivity index (χ2v) is 6.15. The van der Waals surface area contributed by atoms with E-state index >= 15 is 0 Å². The van der Waals surface area contributed by atoms with Crippen LogP contribution in [0.15, 0.2) is 24.9 Å². The van der Waals surface area contributed by atoms with Crippen molar-refractivity contribution in [1.29, 1.82) is 0 Å². The minimum absolute atomic E-state index is 0.0453. The largest absolute Gasteiger partial charge is 0.373 e. The van der Waals surface area contributed by atoms with Crippen molar-refractivity contribution in [3.05, 3.63) is 24.9 Å². The summed E-state index contributed by atoms with van der Waals surface area (Å²) in [6.07, 6.45) is 6.76. The fourth-order valence-corrected chi connectivity index (χ4v) is 3.10. The Morgan fingerprint density at radius 1 is 1.33 bits per heavy atom. The maximum atomic E-state index is 11.3. The van der Waals surface area contributed by atoms with Crippen molar-refractivity contribution in [3.8, 4) is 0 Å². The maximum Gasteiger partial charge on any atom is 0.243 e. The second-order valence-electron chi connectivity index (χ2n) is 6.15. The number of hydrogen-bond acceptors (Lipinski definition) is 6. The zero-order valence-corrected chi connectivity index (χ0v) is 14.0. The lowest BCUT2D eigenvalue weighted by molar-refractivity contribution is -0.117. The summed E-state index contributed by atoms with van der Waals surface area (Å²) in [5.41, 5.74) is 0. The molecule has 1 aromatic heterocycles. The molecule has 3 rings (SSSR count). The Balaban J connectivity index is 1.62. The van der Waals surface area contributed by atoms with E-state index in [2.05, 4.69) is 26.7 Å².